The summed E-state index contributed by atoms with van der Waals surface area (Å²) in [6, 6.07) is 7.15. The molecule has 0 aliphatic carbocycles. The van der Waals surface area contributed by atoms with Crippen molar-refractivity contribution in [1.29, 1.82) is 0 Å². The molecule has 1 atom stereocenters. The molecule has 5 nitrogen and oxygen atoms in total. The number of alkyl halides is 2. The van der Waals surface area contributed by atoms with Gasteiger partial charge in [-0.15, -0.1) is 0 Å². The van der Waals surface area contributed by atoms with Crippen molar-refractivity contribution in [3.63, 3.8) is 0 Å². The fraction of sp³-hybridized carbons (Fsp3) is 0.385. The minimum Gasteiger partial charge on any atom is -0.480 e. The molecule has 7 heteroatoms. The Morgan fingerprint density at radius 1 is 1.20 bits per heavy atom. The third kappa shape index (κ3) is 6.12. The number of hydrogen-bond donors (Lipinski definition) is 3. The summed E-state index contributed by atoms with van der Waals surface area (Å²) >= 11 is 0. The smallest absolute Gasteiger partial charge is 0.326 e. The highest BCUT2D eigenvalue weighted by Crippen LogP contribution is 2.05. The summed E-state index contributed by atoms with van der Waals surface area (Å²) in [6.45, 7) is -0.809. The molecule has 0 aromatic heterocycles. The number of halogens is 2. The van der Waals surface area contributed by atoms with Gasteiger partial charge >= 0.3 is 12.0 Å². The predicted octanol–water partition coefficient (Wildman–Crippen LogP) is 1.64. The fourth-order valence-electron chi connectivity index (χ4n) is 1.59. The summed E-state index contributed by atoms with van der Waals surface area (Å²) in [6.07, 6.45) is -2.03. The monoisotopic (exact) mass is 286 g/mol. The van der Waals surface area contributed by atoms with Crippen LogP contribution in [0.1, 0.15) is 12.0 Å². The van der Waals surface area contributed by atoms with Gasteiger partial charge in [-0.1, -0.05) is 30.3 Å². The van der Waals surface area contributed by atoms with Crippen LogP contribution in [0.5, 0.6) is 0 Å². The topological polar surface area (TPSA) is 78.4 Å². The first-order chi connectivity index (χ1) is 9.49. The van der Waals surface area contributed by atoms with Crippen LogP contribution in [-0.4, -0.2) is 36.1 Å². The Labute approximate surface area is 115 Å². The van der Waals surface area contributed by atoms with E-state index in [-0.39, 0.29) is 6.42 Å². The lowest BCUT2D eigenvalue weighted by Gasteiger charge is -2.15. The number of carboxylic acid groups (broad SMARTS) is 1. The zero-order valence-corrected chi connectivity index (χ0v) is 10.7. The number of amides is 2. The van der Waals surface area contributed by atoms with E-state index in [9.17, 15) is 18.4 Å². The normalized spacial score (nSPS) is 11.9. The van der Waals surface area contributed by atoms with Gasteiger partial charge in [0.15, 0.2) is 0 Å². The first-order valence-electron chi connectivity index (χ1n) is 6.08. The third-order valence-corrected chi connectivity index (χ3v) is 2.58. The van der Waals surface area contributed by atoms with Crippen molar-refractivity contribution in [2.24, 2.45) is 0 Å². The van der Waals surface area contributed by atoms with Crippen LogP contribution in [0.15, 0.2) is 30.3 Å². The minimum absolute atomic E-state index is 0.182. The van der Waals surface area contributed by atoms with E-state index in [2.05, 4.69) is 5.32 Å². The summed E-state index contributed by atoms with van der Waals surface area (Å²) < 4.78 is 23.8. The molecule has 20 heavy (non-hydrogen) atoms. The number of carbonyl (C=O) groups is 2. The zero-order chi connectivity index (χ0) is 15.0. The number of carboxylic acids is 1. The molecule has 0 bridgehead atoms. The van der Waals surface area contributed by atoms with Gasteiger partial charge in [0.25, 0.3) is 6.43 Å². The van der Waals surface area contributed by atoms with Crippen LogP contribution in [-0.2, 0) is 11.2 Å². The van der Waals surface area contributed by atoms with E-state index in [1.165, 1.54) is 0 Å². The van der Waals surface area contributed by atoms with E-state index < -0.39 is 31.0 Å². The molecule has 0 unspecified atom stereocenters. The Morgan fingerprint density at radius 3 is 2.40 bits per heavy atom. The molecular weight excluding hydrogens is 270 g/mol. The van der Waals surface area contributed by atoms with E-state index >= 15 is 0 Å². The van der Waals surface area contributed by atoms with Gasteiger partial charge in [-0.05, 0) is 18.4 Å². The van der Waals surface area contributed by atoms with Crippen molar-refractivity contribution in [2.45, 2.75) is 25.3 Å². The molecule has 0 saturated heterocycles. The molecule has 0 spiro atoms. The number of carbonyl (C=O) groups excluding carboxylic acids is 1. The fourth-order valence-corrected chi connectivity index (χ4v) is 1.59. The molecule has 110 valence electrons. The van der Waals surface area contributed by atoms with E-state index in [1.807, 2.05) is 35.6 Å². The van der Waals surface area contributed by atoms with Crippen molar-refractivity contribution < 1.29 is 23.5 Å². The van der Waals surface area contributed by atoms with Gasteiger partial charge in [0.1, 0.15) is 6.04 Å². The Morgan fingerprint density at radius 2 is 1.85 bits per heavy atom. The van der Waals surface area contributed by atoms with Gasteiger partial charge in [-0.3, -0.25) is 0 Å². The highest BCUT2D eigenvalue weighted by molar-refractivity contribution is 5.82. The van der Waals surface area contributed by atoms with Gasteiger partial charge in [-0.25, -0.2) is 18.4 Å². The van der Waals surface area contributed by atoms with Crippen LogP contribution in [0.3, 0.4) is 0 Å². The predicted molar refractivity (Wildman–Crippen MR) is 68.7 cm³/mol. The van der Waals surface area contributed by atoms with E-state index in [0.29, 0.717) is 6.42 Å². The molecule has 0 saturated carbocycles. The van der Waals surface area contributed by atoms with Gasteiger partial charge in [-0.2, -0.15) is 0 Å². The quantitative estimate of drug-likeness (QED) is 0.713. The van der Waals surface area contributed by atoms with Crippen LogP contribution in [0.25, 0.3) is 0 Å². The summed E-state index contributed by atoms with van der Waals surface area (Å²) in [7, 11) is 0. The maximum Gasteiger partial charge on any atom is 0.326 e. The molecule has 1 aromatic carbocycles. The second-order valence-electron chi connectivity index (χ2n) is 4.16. The van der Waals surface area contributed by atoms with Crippen molar-refractivity contribution in [1.82, 2.24) is 10.6 Å². The van der Waals surface area contributed by atoms with E-state index in [0.717, 1.165) is 5.56 Å². The van der Waals surface area contributed by atoms with Crippen molar-refractivity contribution in [3.05, 3.63) is 35.9 Å². The van der Waals surface area contributed by atoms with Crippen LogP contribution >= 0.6 is 0 Å². The lowest BCUT2D eigenvalue weighted by Crippen LogP contribution is -2.47. The van der Waals surface area contributed by atoms with Gasteiger partial charge < -0.3 is 15.7 Å². The molecule has 0 heterocycles. The first-order valence-corrected chi connectivity index (χ1v) is 6.08. The summed E-state index contributed by atoms with van der Waals surface area (Å²) in [5.74, 6) is -1.20. The second kappa shape index (κ2) is 8.08. The lowest BCUT2D eigenvalue weighted by atomic mass is 10.1. The number of aryl methyl sites for hydroxylation is 1. The molecule has 0 radical (unpaired) electrons. The van der Waals surface area contributed by atoms with Crippen molar-refractivity contribution in [3.8, 4) is 0 Å². The number of rotatable bonds is 7. The summed E-state index contributed by atoms with van der Waals surface area (Å²) in [5.41, 5.74) is 0.938. The molecule has 0 aliphatic heterocycles. The van der Waals surface area contributed by atoms with Crippen LogP contribution in [0.4, 0.5) is 13.6 Å². The summed E-state index contributed by atoms with van der Waals surface area (Å²) in [4.78, 5) is 22.3. The highest BCUT2D eigenvalue weighted by Gasteiger charge is 2.20. The first kappa shape index (κ1) is 15.9. The second-order valence-corrected chi connectivity index (χ2v) is 4.16. The number of hydrogen-bond acceptors (Lipinski definition) is 2. The third-order valence-electron chi connectivity index (χ3n) is 2.58. The Hall–Kier alpha value is -2.18. The maximum absolute atomic E-state index is 11.9. The number of benzene rings is 1. The average Bonchev–Trinajstić information content (AvgIpc) is 2.42. The number of nitrogens with one attached hydrogen (secondary N) is 2. The van der Waals surface area contributed by atoms with Gasteiger partial charge in [0, 0.05) is 0 Å². The highest BCUT2D eigenvalue weighted by atomic mass is 19.3. The van der Waals surface area contributed by atoms with Crippen molar-refractivity contribution in [2.75, 3.05) is 6.54 Å². The standard InChI is InChI=1S/C13H16F2N2O3/c14-11(15)8-16-13(20)17-10(12(18)19)7-6-9-4-2-1-3-5-9/h1-5,10-11H,6-8H2,(H,18,19)(H2,16,17,20)/t10-/m0/s1. The number of urea groups is 1. The van der Waals surface area contributed by atoms with Crippen LogP contribution in [0, 0.1) is 0 Å². The molecule has 1 aromatic rings. The SMILES string of the molecule is O=C(NCC(F)F)N[C@@H](CCc1ccccc1)C(=O)O. The zero-order valence-electron chi connectivity index (χ0n) is 10.7. The Balaban J connectivity index is 2.44. The van der Waals surface area contributed by atoms with Gasteiger partial charge in [0.2, 0.25) is 0 Å². The van der Waals surface area contributed by atoms with Crippen molar-refractivity contribution >= 4 is 12.0 Å². The maximum atomic E-state index is 11.9. The average molecular weight is 286 g/mol. The lowest BCUT2D eigenvalue weighted by molar-refractivity contribution is -0.139. The largest absolute Gasteiger partial charge is 0.480 e. The molecular formula is C13H16F2N2O3. The molecule has 0 aliphatic rings. The molecule has 2 amide bonds. The summed E-state index contributed by atoms with van der Waals surface area (Å²) in [5, 5.41) is 13.0. The van der Waals surface area contributed by atoms with E-state index in [4.69, 9.17) is 5.11 Å². The number of aliphatic carboxylic acids is 1. The van der Waals surface area contributed by atoms with Crippen LogP contribution < -0.4 is 10.6 Å². The Bertz CT molecular complexity index is 441. The molecule has 0 fully saturated rings. The molecule has 1 rings (SSSR count). The van der Waals surface area contributed by atoms with E-state index in [1.54, 1.807) is 0 Å². The van der Waals surface area contributed by atoms with Crippen LogP contribution in [0.2, 0.25) is 0 Å². The molecule has 3 N–H and O–H groups in total. The minimum atomic E-state index is -2.67. The Kier molecular flexibility index (Phi) is 6.42. The van der Waals surface area contributed by atoms with Gasteiger partial charge in [0.05, 0.1) is 6.54 Å².